The predicted octanol–water partition coefficient (Wildman–Crippen LogP) is 4.32. The molecule has 0 radical (unpaired) electrons. The van der Waals surface area contributed by atoms with Gasteiger partial charge in [0, 0.05) is 34.5 Å². The van der Waals surface area contributed by atoms with Crippen molar-refractivity contribution in [3.05, 3.63) is 58.7 Å². The maximum absolute atomic E-state index is 14.6. The second-order valence-electron chi connectivity index (χ2n) is 11.9. The first kappa shape index (κ1) is 29.6. The molecular weight excluding hydrogens is 625 g/mol. The van der Waals surface area contributed by atoms with Crippen molar-refractivity contribution in [2.24, 2.45) is 5.92 Å². The van der Waals surface area contributed by atoms with Crippen LogP contribution in [-0.4, -0.2) is 96.1 Å². The summed E-state index contributed by atoms with van der Waals surface area (Å²) in [5, 5.41) is 31.2. The molecule has 7 rings (SSSR count). The van der Waals surface area contributed by atoms with Crippen molar-refractivity contribution >= 4 is 46.4 Å². The highest BCUT2D eigenvalue weighted by Gasteiger charge is 2.81. The van der Waals surface area contributed by atoms with E-state index < -0.39 is 58.2 Å². The van der Waals surface area contributed by atoms with Crippen molar-refractivity contribution in [1.29, 1.82) is 0 Å². The molecule has 4 fully saturated rings. The first-order valence-electron chi connectivity index (χ1n) is 14.3. The van der Waals surface area contributed by atoms with E-state index in [1.807, 2.05) is 4.90 Å². The van der Waals surface area contributed by atoms with Crippen LogP contribution in [0.4, 0.5) is 8.78 Å². The van der Waals surface area contributed by atoms with Crippen LogP contribution in [0, 0.1) is 5.92 Å². The number of hydrogen-bond donors (Lipinski definition) is 2. The molecule has 1 amide bonds. The number of carbonyl (C=O) groups excluding carboxylic acids is 1. The van der Waals surface area contributed by atoms with E-state index in [0.29, 0.717) is 28.6 Å². The van der Waals surface area contributed by atoms with Gasteiger partial charge in [-0.3, -0.25) is 4.79 Å². The van der Waals surface area contributed by atoms with E-state index in [-0.39, 0.29) is 23.8 Å². The van der Waals surface area contributed by atoms with E-state index in [2.05, 4.69) is 10.3 Å². The van der Waals surface area contributed by atoms with Gasteiger partial charge >= 0.3 is 0 Å². The SMILES string of the molecule is CC1(Cl)C(F)=CC(c2cn(C3[C@@H]4C(O)[C@@H](Sc5cc(Cl)ccc5C(=O)N5CCCCC5)OC5C(O)COC534)nn2)=CC1F. The number of halogens is 4. The van der Waals surface area contributed by atoms with Gasteiger partial charge in [0.15, 0.2) is 0 Å². The Hall–Kier alpha value is -2.06. The van der Waals surface area contributed by atoms with E-state index in [9.17, 15) is 23.8 Å². The van der Waals surface area contributed by atoms with Crippen LogP contribution in [0.5, 0.6) is 0 Å². The fraction of sp³-hybridized carbons (Fsp3) is 0.552. The number of aliphatic hydroxyl groups excluding tert-OH is 2. The lowest BCUT2D eigenvalue weighted by molar-refractivity contribution is -0.138. The maximum atomic E-state index is 14.6. The molecule has 14 heteroatoms. The van der Waals surface area contributed by atoms with Crippen LogP contribution in [0.25, 0.3) is 5.57 Å². The lowest BCUT2D eigenvalue weighted by Crippen LogP contribution is -2.49. The molecule has 3 saturated heterocycles. The van der Waals surface area contributed by atoms with Crippen molar-refractivity contribution in [2.45, 2.75) is 77.5 Å². The molecule has 2 aromatic rings. The fourth-order valence-corrected chi connectivity index (χ4v) is 8.35. The average molecular weight is 656 g/mol. The molecule has 9 nitrogen and oxygen atoms in total. The Kier molecular flexibility index (Phi) is 7.43. The molecule has 0 bridgehead atoms. The van der Waals surface area contributed by atoms with Gasteiger partial charge in [0.1, 0.15) is 45.8 Å². The number of aromatic nitrogens is 3. The second-order valence-corrected chi connectivity index (χ2v) is 14.3. The first-order valence-corrected chi connectivity index (χ1v) is 15.9. The molecule has 1 spiro atoms. The fourth-order valence-electron chi connectivity index (χ4n) is 6.78. The minimum atomic E-state index is -1.79. The lowest BCUT2D eigenvalue weighted by atomic mass is 9.93. The van der Waals surface area contributed by atoms with E-state index in [1.54, 1.807) is 18.2 Å². The number of allylic oxidation sites excluding steroid dienone is 4. The van der Waals surface area contributed by atoms with Crippen molar-refractivity contribution in [1.82, 2.24) is 19.9 Å². The number of alkyl halides is 2. The van der Waals surface area contributed by atoms with Gasteiger partial charge in [-0.25, -0.2) is 13.5 Å². The van der Waals surface area contributed by atoms with Crippen LogP contribution < -0.4 is 0 Å². The van der Waals surface area contributed by atoms with Crippen LogP contribution in [0.15, 0.2) is 47.3 Å². The van der Waals surface area contributed by atoms with Crippen LogP contribution in [0.3, 0.4) is 0 Å². The molecule has 2 N–H and O–H groups in total. The third kappa shape index (κ3) is 4.76. The van der Waals surface area contributed by atoms with Crippen molar-refractivity contribution < 1.29 is 33.3 Å². The number of hydrogen-bond acceptors (Lipinski definition) is 8. The van der Waals surface area contributed by atoms with Gasteiger partial charge in [-0.05, 0) is 56.5 Å². The van der Waals surface area contributed by atoms with E-state index in [0.717, 1.165) is 25.3 Å². The summed E-state index contributed by atoms with van der Waals surface area (Å²) in [4.78, 5) is 14.0. The van der Waals surface area contributed by atoms with E-state index in [4.69, 9.17) is 32.7 Å². The van der Waals surface area contributed by atoms with Crippen molar-refractivity contribution in [2.75, 3.05) is 19.7 Å². The summed E-state index contributed by atoms with van der Waals surface area (Å²) in [7, 11) is 0. The molecule has 43 heavy (non-hydrogen) atoms. The molecule has 5 aliphatic rings. The first-order chi connectivity index (χ1) is 20.5. The number of aliphatic hydroxyl groups is 2. The molecule has 9 atom stereocenters. The van der Waals surface area contributed by atoms with Gasteiger partial charge in [-0.15, -0.1) is 16.7 Å². The maximum Gasteiger partial charge on any atom is 0.254 e. The summed E-state index contributed by atoms with van der Waals surface area (Å²) in [6.07, 6.45) is 2.22. The molecule has 7 unspecified atom stereocenters. The zero-order valence-electron chi connectivity index (χ0n) is 23.1. The number of likely N-dealkylation sites (tertiary alicyclic amines) is 1. The number of ether oxygens (including phenoxy) is 2. The van der Waals surface area contributed by atoms with Crippen LogP contribution in [0.1, 0.15) is 48.3 Å². The predicted molar refractivity (Wildman–Crippen MR) is 155 cm³/mol. The van der Waals surface area contributed by atoms with Gasteiger partial charge < -0.3 is 24.6 Å². The summed E-state index contributed by atoms with van der Waals surface area (Å²) >= 11 is 13.5. The van der Waals surface area contributed by atoms with Crippen LogP contribution in [0.2, 0.25) is 5.02 Å². The topological polar surface area (TPSA) is 110 Å². The lowest BCUT2D eigenvalue weighted by Gasteiger charge is -2.35. The number of rotatable bonds is 5. The van der Waals surface area contributed by atoms with Gasteiger partial charge in [-0.2, -0.15) is 0 Å². The molecule has 2 aliphatic carbocycles. The Bertz CT molecular complexity index is 1520. The number of carbonyl (C=O) groups is 1. The number of nitrogens with zero attached hydrogens (tertiary/aromatic N) is 4. The number of benzene rings is 1. The normalized spacial score (nSPS) is 38.7. The van der Waals surface area contributed by atoms with Crippen molar-refractivity contribution in [3.8, 4) is 0 Å². The molecule has 230 valence electrons. The number of amides is 1. The second kappa shape index (κ2) is 10.8. The van der Waals surface area contributed by atoms with Crippen molar-refractivity contribution in [3.63, 3.8) is 0 Å². The van der Waals surface area contributed by atoms with E-state index >= 15 is 0 Å². The molecule has 3 aliphatic heterocycles. The molecular formula is C29H30Cl2F2N4O5S. The molecule has 4 heterocycles. The Labute approximate surface area is 260 Å². The monoisotopic (exact) mass is 654 g/mol. The highest BCUT2D eigenvalue weighted by Crippen LogP contribution is 2.68. The summed E-state index contributed by atoms with van der Waals surface area (Å²) < 4.78 is 43.0. The van der Waals surface area contributed by atoms with Gasteiger partial charge in [0.25, 0.3) is 5.91 Å². The zero-order valence-corrected chi connectivity index (χ0v) is 25.4. The largest absolute Gasteiger partial charge is 0.389 e. The summed E-state index contributed by atoms with van der Waals surface area (Å²) in [5.74, 6) is -1.46. The van der Waals surface area contributed by atoms with Crippen LogP contribution >= 0.6 is 35.0 Å². The number of piperidine rings is 1. The van der Waals surface area contributed by atoms with E-state index in [1.165, 1.54) is 35.6 Å². The van der Waals surface area contributed by atoms with Gasteiger partial charge in [0.2, 0.25) is 0 Å². The Morgan fingerprint density at radius 3 is 2.74 bits per heavy atom. The quantitative estimate of drug-likeness (QED) is 0.459. The minimum absolute atomic E-state index is 0.00384. The molecule has 1 aromatic heterocycles. The third-order valence-electron chi connectivity index (χ3n) is 9.18. The Morgan fingerprint density at radius 1 is 1.23 bits per heavy atom. The molecule has 1 aromatic carbocycles. The summed E-state index contributed by atoms with van der Waals surface area (Å²) in [6, 6.07) is 4.48. The van der Waals surface area contributed by atoms with Gasteiger partial charge in [-0.1, -0.05) is 28.6 Å². The Morgan fingerprint density at radius 2 is 2.00 bits per heavy atom. The van der Waals surface area contributed by atoms with Crippen LogP contribution in [-0.2, 0) is 9.47 Å². The average Bonchev–Trinajstić information content (AvgIpc) is 3.23. The number of thioether (sulfide) groups is 1. The molecule has 1 saturated carbocycles. The van der Waals surface area contributed by atoms with Gasteiger partial charge in [0.05, 0.1) is 30.5 Å². The highest BCUT2D eigenvalue weighted by molar-refractivity contribution is 8.00. The highest BCUT2D eigenvalue weighted by atomic mass is 35.5. The standard InChI is InChI=1S/C29H30Cl2F2N4O5S/c1-28(31)20(32)9-14(10-21(28)33)17-12-37(35-34-17)24-22-23(39)27(42-25-18(38)13-41-29(22,24)25)43-19-11-15(30)5-6-16(19)26(40)36-7-3-2-4-8-36/h5-6,9-12,18,20,22-25,27,38-39H,2-4,7-8,13H2,1H3/t18?,20?,22-,23?,24?,25?,27+,28?,29?/m0/s1. The summed E-state index contributed by atoms with van der Waals surface area (Å²) in [5.41, 5.74) is -1.04. The smallest absolute Gasteiger partial charge is 0.254 e. The Balaban J connectivity index is 1.16. The third-order valence-corrected chi connectivity index (χ3v) is 11.0. The zero-order chi connectivity index (χ0) is 30.3. The minimum Gasteiger partial charge on any atom is -0.389 e. The summed E-state index contributed by atoms with van der Waals surface area (Å²) in [6.45, 7) is 2.62.